The largest absolute Gasteiger partial charge is 0.496 e. The van der Waals surface area contributed by atoms with Crippen molar-refractivity contribution in [1.82, 2.24) is 4.98 Å². The topological polar surface area (TPSA) is 56.3 Å². The van der Waals surface area contributed by atoms with Crippen LogP contribution in [0.5, 0.6) is 5.75 Å². The van der Waals surface area contributed by atoms with Crippen LogP contribution in [0.25, 0.3) is 21.8 Å². The van der Waals surface area contributed by atoms with Crippen LogP contribution >= 0.6 is 11.3 Å². The molecule has 0 saturated carbocycles. The van der Waals surface area contributed by atoms with Gasteiger partial charge in [0.25, 0.3) is 0 Å². The molecule has 0 N–H and O–H groups in total. The summed E-state index contributed by atoms with van der Waals surface area (Å²) in [5.74, 6) is 0.779. The van der Waals surface area contributed by atoms with E-state index in [-0.39, 0.29) is 0 Å². The Labute approximate surface area is 139 Å². The maximum Gasteiger partial charge on any atom is 0.175 e. The molecule has 0 aliphatic carbocycles. The van der Waals surface area contributed by atoms with Crippen LogP contribution in [0.4, 0.5) is 0 Å². The van der Waals surface area contributed by atoms with Gasteiger partial charge in [-0.25, -0.2) is 13.4 Å². The minimum Gasteiger partial charge on any atom is -0.496 e. The van der Waals surface area contributed by atoms with E-state index in [0.717, 1.165) is 27.6 Å². The summed E-state index contributed by atoms with van der Waals surface area (Å²) in [6.45, 7) is 0. The van der Waals surface area contributed by atoms with E-state index in [1.807, 2.05) is 29.6 Å². The molecule has 0 amide bonds. The number of hydrogen-bond acceptors (Lipinski definition) is 5. The number of methoxy groups -OCH3 is 1. The lowest BCUT2D eigenvalue weighted by atomic mass is 10.2. The molecule has 0 aliphatic rings. The zero-order chi connectivity index (χ0) is 16.4. The van der Waals surface area contributed by atoms with Crippen molar-refractivity contribution in [3.05, 3.63) is 53.9 Å². The Balaban J connectivity index is 1.96. The quantitative estimate of drug-likeness (QED) is 0.720. The predicted octanol–water partition coefficient (Wildman–Crippen LogP) is 3.89. The van der Waals surface area contributed by atoms with Crippen molar-refractivity contribution in [2.24, 2.45) is 0 Å². The second kappa shape index (κ2) is 6.14. The lowest BCUT2D eigenvalue weighted by molar-refractivity contribution is 0.416. The van der Waals surface area contributed by atoms with Gasteiger partial charge in [-0.2, -0.15) is 0 Å². The molecule has 0 bridgehead atoms. The zero-order valence-electron chi connectivity index (χ0n) is 12.7. The molecule has 4 nitrogen and oxygen atoms in total. The summed E-state index contributed by atoms with van der Waals surface area (Å²) in [5, 5.41) is 2.82. The second-order valence-corrected chi connectivity index (χ2v) is 7.91. The van der Waals surface area contributed by atoms with Crippen molar-refractivity contribution in [3.8, 4) is 27.6 Å². The summed E-state index contributed by atoms with van der Waals surface area (Å²) in [5.41, 5.74) is 2.64. The smallest absolute Gasteiger partial charge is 0.175 e. The van der Waals surface area contributed by atoms with Gasteiger partial charge in [-0.05, 0) is 24.3 Å². The molecule has 23 heavy (non-hydrogen) atoms. The molecule has 0 fully saturated rings. The SMILES string of the molecule is COc1ccccc1-c1nc(-c2ccc(S(C)(=O)=O)cc2)cs1. The lowest BCUT2D eigenvalue weighted by Crippen LogP contribution is -1.96. The van der Waals surface area contributed by atoms with Crippen LogP contribution in [0.3, 0.4) is 0 Å². The first kappa shape index (κ1) is 15.7. The molecule has 6 heteroatoms. The number of nitrogens with zero attached hydrogens (tertiary/aromatic N) is 1. The van der Waals surface area contributed by atoms with Gasteiger partial charge in [0, 0.05) is 17.2 Å². The van der Waals surface area contributed by atoms with Gasteiger partial charge in [-0.1, -0.05) is 24.3 Å². The van der Waals surface area contributed by atoms with Crippen molar-refractivity contribution >= 4 is 21.2 Å². The average molecular weight is 345 g/mol. The van der Waals surface area contributed by atoms with E-state index in [0.29, 0.717) is 4.90 Å². The molecule has 3 rings (SSSR count). The Kier molecular flexibility index (Phi) is 4.19. The Hall–Kier alpha value is -2.18. The number of sulfone groups is 1. The van der Waals surface area contributed by atoms with Crippen LogP contribution in [0.15, 0.2) is 58.8 Å². The monoisotopic (exact) mass is 345 g/mol. The van der Waals surface area contributed by atoms with E-state index < -0.39 is 9.84 Å². The number of aromatic nitrogens is 1. The van der Waals surface area contributed by atoms with Gasteiger partial charge < -0.3 is 4.74 Å². The molecule has 1 heterocycles. The number of hydrogen-bond donors (Lipinski definition) is 0. The molecular weight excluding hydrogens is 330 g/mol. The molecule has 3 aromatic rings. The number of para-hydroxylation sites is 1. The number of thiazole rings is 1. The van der Waals surface area contributed by atoms with Crippen LogP contribution in [0.1, 0.15) is 0 Å². The molecule has 0 saturated heterocycles. The maximum absolute atomic E-state index is 11.5. The molecule has 0 unspecified atom stereocenters. The van der Waals surface area contributed by atoms with Crippen molar-refractivity contribution in [2.45, 2.75) is 4.90 Å². The Morgan fingerprint density at radius 1 is 1.04 bits per heavy atom. The Morgan fingerprint density at radius 3 is 2.39 bits per heavy atom. The number of ether oxygens (including phenoxy) is 1. The molecule has 1 aromatic heterocycles. The fraction of sp³-hybridized carbons (Fsp3) is 0.118. The summed E-state index contributed by atoms with van der Waals surface area (Å²) >= 11 is 1.53. The standard InChI is InChI=1S/C17H15NO3S2/c1-21-16-6-4-3-5-14(16)17-18-15(11-22-17)12-7-9-13(10-8-12)23(2,19)20/h3-11H,1-2H3. The van der Waals surface area contributed by atoms with Gasteiger partial charge >= 0.3 is 0 Å². The number of benzene rings is 2. The molecule has 0 radical (unpaired) electrons. The minimum absolute atomic E-state index is 0.307. The normalized spacial score (nSPS) is 11.4. The van der Waals surface area contributed by atoms with Gasteiger partial charge in [-0.3, -0.25) is 0 Å². The summed E-state index contributed by atoms with van der Waals surface area (Å²) in [7, 11) is -1.55. The zero-order valence-corrected chi connectivity index (χ0v) is 14.3. The lowest BCUT2D eigenvalue weighted by Gasteiger charge is -2.04. The van der Waals surface area contributed by atoms with E-state index in [4.69, 9.17) is 4.74 Å². The fourth-order valence-electron chi connectivity index (χ4n) is 2.22. The van der Waals surface area contributed by atoms with E-state index in [9.17, 15) is 8.42 Å². The highest BCUT2D eigenvalue weighted by Gasteiger charge is 2.12. The molecule has 0 spiro atoms. The summed E-state index contributed by atoms with van der Waals surface area (Å²) in [6.07, 6.45) is 1.20. The molecule has 118 valence electrons. The Morgan fingerprint density at radius 2 is 1.74 bits per heavy atom. The first-order valence-electron chi connectivity index (χ1n) is 6.88. The van der Waals surface area contributed by atoms with Crippen molar-refractivity contribution in [2.75, 3.05) is 13.4 Å². The third-order valence-corrected chi connectivity index (χ3v) is 5.42. The van der Waals surface area contributed by atoms with Crippen LogP contribution < -0.4 is 4.74 Å². The second-order valence-electron chi connectivity index (χ2n) is 5.03. The highest BCUT2D eigenvalue weighted by Crippen LogP contribution is 2.34. The molecule has 0 atom stereocenters. The van der Waals surface area contributed by atoms with Gasteiger partial charge in [0.2, 0.25) is 0 Å². The van der Waals surface area contributed by atoms with Crippen molar-refractivity contribution < 1.29 is 13.2 Å². The Bertz CT molecular complexity index is 928. The van der Waals surface area contributed by atoms with Crippen LogP contribution in [-0.4, -0.2) is 26.8 Å². The molecular formula is C17H15NO3S2. The van der Waals surface area contributed by atoms with Crippen LogP contribution in [-0.2, 0) is 9.84 Å². The third kappa shape index (κ3) is 3.28. The highest BCUT2D eigenvalue weighted by atomic mass is 32.2. The van der Waals surface area contributed by atoms with Gasteiger partial charge in [0.05, 0.1) is 23.3 Å². The van der Waals surface area contributed by atoms with Crippen LogP contribution in [0, 0.1) is 0 Å². The minimum atomic E-state index is -3.18. The molecule has 0 aliphatic heterocycles. The summed E-state index contributed by atoms with van der Waals surface area (Å²) in [6, 6.07) is 14.5. The highest BCUT2D eigenvalue weighted by molar-refractivity contribution is 7.90. The number of rotatable bonds is 4. The third-order valence-electron chi connectivity index (χ3n) is 3.42. The van der Waals surface area contributed by atoms with Crippen molar-refractivity contribution in [1.29, 1.82) is 0 Å². The van der Waals surface area contributed by atoms with Crippen LogP contribution in [0.2, 0.25) is 0 Å². The van der Waals surface area contributed by atoms with Crippen molar-refractivity contribution in [3.63, 3.8) is 0 Å². The average Bonchev–Trinajstić information content (AvgIpc) is 3.04. The first-order chi connectivity index (χ1) is 11.0. The predicted molar refractivity (Wildman–Crippen MR) is 92.6 cm³/mol. The van der Waals surface area contributed by atoms with E-state index in [2.05, 4.69) is 4.98 Å². The van der Waals surface area contributed by atoms with Gasteiger partial charge in [-0.15, -0.1) is 11.3 Å². The van der Waals surface area contributed by atoms with E-state index in [1.165, 1.54) is 17.6 Å². The van der Waals surface area contributed by atoms with Gasteiger partial charge in [0.1, 0.15) is 10.8 Å². The van der Waals surface area contributed by atoms with E-state index in [1.54, 1.807) is 31.4 Å². The first-order valence-corrected chi connectivity index (χ1v) is 9.65. The molecule has 2 aromatic carbocycles. The maximum atomic E-state index is 11.5. The fourth-order valence-corrected chi connectivity index (χ4v) is 3.71. The van der Waals surface area contributed by atoms with E-state index >= 15 is 0 Å². The summed E-state index contributed by atoms with van der Waals surface area (Å²) in [4.78, 5) is 4.95. The van der Waals surface area contributed by atoms with Gasteiger partial charge in [0.15, 0.2) is 9.84 Å². The summed E-state index contributed by atoms with van der Waals surface area (Å²) < 4.78 is 28.4.